The van der Waals surface area contributed by atoms with Crippen LogP contribution in [0.4, 0.5) is 11.4 Å². The van der Waals surface area contributed by atoms with E-state index in [1.807, 2.05) is 0 Å². The lowest BCUT2D eigenvalue weighted by atomic mass is 10.0. The molecule has 1 heterocycles. The second kappa shape index (κ2) is 8.61. The van der Waals surface area contributed by atoms with Crippen LogP contribution in [0.2, 0.25) is 0 Å². The van der Waals surface area contributed by atoms with E-state index in [1.165, 1.54) is 12.1 Å². The third-order valence-corrected chi connectivity index (χ3v) is 4.60. The molecule has 1 saturated heterocycles. The fourth-order valence-corrected chi connectivity index (χ4v) is 3.17. The zero-order chi connectivity index (χ0) is 19.2. The van der Waals surface area contributed by atoms with Gasteiger partial charge >= 0.3 is 0 Å². The molecular formula is C19H22N3O5+. The normalized spacial score (nSPS) is 15.7. The van der Waals surface area contributed by atoms with Gasteiger partial charge in [0.15, 0.2) is 6.04 Å². The van der Waals surface area contributed by atoms with Crippen molar-refractivity contribution in [1.29, 1.82) is 0 Å². The number of nitrogens with one attached hydrogen (secondary N) is 2. The van der Waals surface area contributed by atoms with E-state index in [9.17, 15) is 14.9 Å². The van der Waals surface area contributed by atoms with Gasteiger partial charge in [0.2, 0.25) is 0 Å². The quantitative estimate of drug-likeness (QED) is 0.587. The second-order valence-corrected chi connectivity index (χ2v) is 6.27. The molecule has 0 saturated carbocycles. The molecule has 1 amide bonds. The summed E-state index contributed by atoms with van der Waals surface area (Å²) < 4.78 is 10.5. The van der Waals surface area contributed by atoms with Crippen LogP contribution in [-0.2, 0) is 9.53 Å². The Morgan fingerprint density at radius 2 is 1.78 bits per heavy atom. The number of carbonyl (C=O) groups excluding carboxylic acids is 1. The minimum Gasteiger partial charge on any atom is -0.497 e. The van der Waals surface area contributed by atoms with E-state index in [1.54, 1.807) is 43.5 Å². The van der Waals surface area contributed by atoms with Gasteiger partial charge in [0.25, 0.3) is 11.6 Å². The molecule has 142 valence electrons. The largest absolute Gasteiger partial charge is 0.497 e. The van der Waals surface area contributed by atoms with Crippen molar-refractivity contribution >= 4 is 17.3 Å². The maximum atomic E-state index is 13.0. The van der Waals surface area contributed by atoms with Gasteiger partial charge in [0.05, 0.1) is 25.2 Å². The number of morpholine rings is 1. The number of hydrogen-bond acceptors (Lipinski definition) is 5. The zero-order valence-corrected chi connectivity index (χ0v) is 15.0. The van der Waals surface area contributed by atoms with Crippen LogP contribution in [0.3, 0.4) is 0 Å². The van der Waals surface area contributed by atoms with Crippen molar-refractivity contribution in [3.8, 4) is 5.75 Å². The van der Waals surface area contributed by atoms with Gasteiger partial charge in [-0.1, -0.05) is 0 Å². The number of methoxy groups -OCH3 is 1. The van der Waals surface area contributed by atoms with E-state index in [0.29, 0.717) is 37.7 Å². The first-order chi connectivity index (χ1) is 13.1. The molecule has 1 aliphatic rings. The Morgan fingerprint density at radius 3 is 2.33 bits per heavy atom. The monoisotopic (exact) mass is 372 g/mol. The van der Waals surface area contributed by atoms with Crippen LogP contribution in [0, 0.1) is 10.1 Å². The summed E-state index contributed by atoms with van der Waals surface area (Å²) in [6.07, 6.45) is 0. The van der Waals surface area contributed by atoms with Crippen LogP contribution in [0.1, 0.15) is 11.6 Å². The Labute approximate surface area is 156 Å². The van der Waals surface area contributed by atoms with Gasteiger partial charge in [-0.25, -0.2) is 0 Å². The number of carbonyl (C=O) groups is 1. The number of nitrogens with zero attached hydrogens (tertiary/aromatic N) is 1. The van der Waals surface area contributed by atoms with Gasteiger partial charge in [-0.15, -0.1) is 0 Å². The average molecular weight is 372 g/mol. The summed E-state index contributed by atoms with van der Waals surface area (Å²) in [6.45, 7) is 2.54. The molecule has 0 bridgehead atoms. The number of benzene rings is 2. The second-order valence-electron chi connectivity index (χ2n) is 6.27. The SMILES string of the molecule is COc1ccc(NC(=O)[C@H](c2ccc([N+](=O)[O-])cc2)[NH+]2CCOCC2)cc1. The first kappa shape index (κ1) is 18.8. The number of anilines is 1. The molecule has 8 nitrogen and oxygen atoms in total. The highest BCUT2D eigenvalue weighted by Gasteiger charge is 2.33. The van der Waals surface area contributed by atoms with Gasteiger partial charge in [0.1, 0.15) is 18.8 Å². The highest BCUT2D eigenvalue weighted by molar-refractivity contribution is 5.94. The van der Waals surface area contributed by atoms with Gasteiger partial charge < -0.3 is 19.7 Å². The smallest absolute Gasteiger partial charge is 0.287 e. The van der Waals surface area contributed by atoms with E-state index in [-0.39, 0.29) is 11.6 Å². The maximum absolute atomic E-state index is 13.0. The van der Waals surface area contributed by atoms with Crippen molar-refractivity contribution in [2.75, 3.05) is 38.7 Å². The van der Waals surface area contributed by atoms with E-state index in [2.05, 4.69) is 5.32 Å². The Balaban J connectivity index is 1.83. The first-order valence-electron chi connectivity index (χ1n) is 8.70. The number of nitro groups is 1. The lowest BCUT2D eigenvalue weighted by Gasteiger charge is -2.30. The number of amides is 1. The number of hydrogen-bond donors (Lipinski definition) is 2. The van der Waals surface area contributed by atoms with Gasteiger partial charge in [-0.2, -0.15) is 0 Å². The summed E-state index contributed by atoms with van der Waals surface area (Å²) in [6, 6.07) is 12.8. The third kappa shape index (κ3) is 4.60. The third-order valence-electron chi connectivity index (χ3n) is 4.60. The fraction of sp³-hybridized carbons (Fsp3) is 0.316. The molecule has 3 rings (SSSR count). The molecule has 27 heavy (non-hydrogen) atoms. The summed E-state index contributed by atoms with van der Waals surface area (Å²) >= 11 is 0. The summed E-state index contributed by atoms with van der Waals surface area (Å²) in [5.41, 5.74) is 1.41. The van der Waals surface area contributed by atoms with Crippen molar-refractivity contribution in [2.24, 2.45) is 0 Å². The first-order valence-corrected chi connectivity index (χ1v) is 8.70. The molecular weight excluding hydrogens is 350 g/mol. The van der Waals surface area contributed by atoms with Crippen LogP contribution in [0.15, 0.2) is 48.5 Å². The molecule has 0 aromatic heterocycles. The van der Waals surface area contributed by atoms with E-state index in [0.717, 1.165) is 10.5 Å². The topological polar surface area (TPSA) is 95.1 Å². The van der Waals surface area contributed by atoms with Crippen molar-refractivity contribution in [1.82, 2.24) is 0 Å². The summed E-state index contributed by atoms with van der Waals surface area (Å²) in [4.78, 5) is 24.6. The van der Waals surface area contributed by atoms with Crippen LogP contribution < -0.4 is 15.0 Å². The predicted molar refractivity (Wildman–Crippen MR) is 99.0 cm³/mol. The van der Waals surface area contributed by atoms with Gasteiger partial charge in [-0.3, -0.25) is 14.9 Å². The van der Waals surface area contributed by atoms with Crippen LogP contribution in [-0.4, -0.2) is 44.2 Å². The minimum absolute atomic E-state index is 0.00467. The summed E-state index contributed by atoms with van der Waals surface area (Å²) in [7, 11) is 1.58. The zero-order valence-electron chi connectivity index (χ0n) is 15.0. The maximum Gasteiger partial charge on any atom is 0.287 e. The van der Waals surface area contributed by atoms with Crippen LogP contribution in [0.5, 0.6) is 5.75 Å². The highest BCUT2D eigenvalue weighted by Crippen LogP contribution is 2.20. The Morgan fingerprint density at radius 1 is 1.15 bits per heavy atom. The molecule has 0 radical (unpaired) electrons. The Hall–Kier alpha value is -2.97. The van der Waals surface area contributed by atoms with Gasteiger partial charge in [-0.05, 0) is 36.4 Å². The number of rotatable bonds is 6. The predicted octanol–water partition coefficient (Wildman–Crippen LogP) is 1.20. The van der Waals surface area contributed by atoms with E-state index in [4.69, 9.17) is 9.47 Å². The molecule has 8 heteroatoms. The molecule has 2 aromatic carbocycles. The van der Waals surface area contributed by atoms with E-state index >= 15 is 0 Å². The highest BCUT2D eigenvalue weighted by atomic mass is 16.6. The van der Waals surface area contributed by atoms with E-state index < -0.39 is 11.0 Å². The lowest BCUT2D eigenvalue weighted by molar-refractivity contribution is -0.929. The number of quaternary nitrogens is 1. The number of ether oxygens (including phenoxy) is 2. The van der Waals surface area contributed by atoms with Crippen molar-refractivity contribution in [3.05, 3.63) is 64.2 Å². The lowest BCUT2D eigenvalue weighted by Crippen LogP contribution is -3.15. The molecule has 1 fully saturated rings. The number of nitro benzene ring substituents is 1. The van der Waals surface area contributed by atoms with Crippen molar-refractivity contribution < 1.29 is 24.1 Å². The molecule has 0 aliphatic carbocycles. The summed E-state index contributed by atoms with van der Waals surface area (Å²) in [5.74, 6) is 0.546. The fourth-order valence-electron chi connectivity index (χ4n) is 3.17. The minimum atomic E-state index is -0.475. The standard InChI is InChI=1S/C19H21N3O5/c1-26-17-8-4-15(5-9-17)20-19(23)18(21-10-12-27-13-11-21)14-2-6-16(7-3-14)22(24)25/h2-9,18H,10-13H2,1H3,(H,20,23)/p+1/t18-/m0/s1. The van der Waals surface area contributed by atoms with Gasteiger partial charge in [0, 0.05) is 23.4 Å². The molecule has 1 atom stereocenters. The molecule has 1 aliphatic heterocycles. The summed E-state index contributed by atoms with van der Waals surface area (Å²) in [5, 5.41) is 13.8. The Bertz CT molecular complexity index is 786. The Kier molecular flexibility index (Phi) is 6.00. The van der Waals surface area contributed by atoms with Crippen LogP contribution >= 0.6 is 0 Å². The van der Waals surface area contributed by atoms with Crippen molar-refractivity contribution in [2.45, 2.75) is 6.04 Å². The van der Waals surface area contributed by atoms with Crippen LogP contribution in [0.25, 0.3) is 0 Å². The molecule has 2 N–H and O–H groups in total. The molecule has 0 spiro atoms. The average Bonchev–Trinajstić information content (AvgIpc) is 2.70. The number of non-ortho nitro benzene ring substituents is 1. The van der Waals surface area contributed by atoms with Crippen molar-refractivity contribution in [3.63, 3.8) is 0 Å². The molecule has 2 aromatic rings. The molecule has 0 unspecified atom stereocenters.